The number of anilines is 1. The molecule has 0 unspecified atom stereocenters. The van der Waals surface area contributed by atoms with Crippen LogP contribution in [0.15, 0.2) is 83.8 Å². The topological polar surface area (TPSA) is 75.3 Å². The van der Waals surface area contributed by atoms with Gasteiger partial charge in [-0.15, -0.1) is 0 Å². The van der Waals surface area contributed by atoms with Gasteiger partial charge in [-0.2, -0.15) is 17.9 Å². The molecule has 1 amide bonds. The van der Waals surface area contributed by atoms with E-state index in [0.29, 0.717) is 17.7 Å². The van der Waals surface area contributed by atoms with Crippen LogP contribution < -0.4 is 10.0 Å². The molecule has 32 heavy (non-hydrogen) atoms. The Morgan fingerprint density at radius 1 is 0.906 bits per heavy atom. The fraction of sp³-hybridized carbons (Fsp3) is 0.136. The zero-order valence-electron chi connectivity index (χ0n) is 16.4. The molecule has 3 aromatic rings. The van der Waals surface area contributed by atoms with E-state index >= 15 is 0 Å². The Bertz CT molecular complexity index is 1180. The first-order valence-corrected chi connectivity index (χ1v) is 10.8. The molecule has 3 rings (SSSR count). The summed E-state index contributed by atoms with van der Waals surface area (Å²) in [5.74, 6) is -2.38. The van der Waals surface area contributed by atoms with Gasteiger partial charge in [-0.3, -0.25) is 4.79 Å². The van der Waals surface area contributed by atoms with Gasteiger partial charge in [0.1, 0.15) is 11.9 Å². The third-order valence-electron chi connectivity index (χ3n) is 4.49. The number of nitrogens with one attached hydrogen (secondary N) is 2. The molecule has 0 heterocycles. The Kier molecular flexibility index (Phi) is 6.95. The first-order valence-electron chi connectivity index (χ1n) is 9.35. The van der Waals surface area contributed by atoms with Gasteiger partial charge in [0.2, 0.25) is 15.9 Å². The van der Waals surface area contributed by atoms with Gasteiger partial charge in [0.15, 0.2) is 0 Å². The number of benzene rings is 3. The number of rotatable bonds is 7. The minimum absolute atomic E-state index is 0.0634. The molecule has 0 aliphatic rings. The predicted molar refractivity (Wildman–Crippen MR) is 111 cm³/mol. The number of amides is 1. The molecule has 0 saturated carbocycles. The Balaban J connectivity index is 1.89. The van der Waals surface area contributed by atoms with Crippen molar-refractivity contribution in [3.05, 3.63) is 95.8 Å². The van der Waals surface area contributed by atoms with E-state index in [9.17, 15) is 30.8 Å². The van der Waals surface area contributed by atoms with Gasteiger partial charge in [0, 0.05) is 5.69 Å². The van der Waals surface area contributed by atoms with Crippen LogP contribution in [0.25, 0.3) is 0 Å². The van der Waals surface area contributed by atoms with Gasteiger partial charge in [-0.25, -0.2) is 12.8 Å². The molecule has 0 saturated heterocycles. The minimum Gasteiger partial charge on any atom is -0.325 e. The van der Waals surface area contributed by atoms with Crippen molar-refractivity contribution in [2.75, 3.05) is 5.32 Å². The Hall–Kier alpha value is -3.24. The summed E-state index contributed by atoms with van der Waals surface area (Å²) in [6.07, 6.45) is -5.02. The molecule has 1 atom stereocenters. The highest BCUT2D eigenvalue weighted by molar-refractivity contribution is 7.89. The van der Waals surface area contributed by atoms with E-state index in [-0.39, 0.29) is 17.0 Å². The minimum atomic E-state index is -4.96. The van der Waals surface area contributed by atoms with Crippen LogP contribution in [0.4, 0.5) is 23.2 Å². The van der Waals surface area contributed by atoms with Crippen molar-refractivity contribution >= 4 is 21.6 Å². The maximum Gasteiger partial charge on any atom is 0.419 e. The largest absolute Gasteiger partial charge is 0.419 e. The standard InChI is InChI=1S/C22H18F4N2O3S/c23-19-12-11-16(14-18(19)22(24,25)26)27-21(29)20(13-15-7-3-1-4-8-15)28-32(30,31)17-9-5-2-6-10-17/h1-12,14,20,28H,13H2,(H,27,29)/t20-/m0/s1. The average molecular weight is 466 g/mol. The van der Waals surface area contributed by atoms with Crippen LogP contribution in [0, 0.1) is 5.82 Å². The lowest BCUT2D eigenvalue weighted by atomic mass is 10.1. The quantitative estimate of drug-likeness (QED) is 0.508. The highest BCUT2D eigenvalue weighted by atomic mass is 32.2. The summed E-state index contributed by atoms with van der Waals surface area (Å²) < 4.78 is 80.2. The summed E-state index contributed by atoms with van der Waals surface area (Å²) in [5, 5.41) is 2.24. The lowest BCUT2D eigenvalue weighted by Crippen LogP contribution is -2.45. The van der Waals surface area contributed by atoms with Gasteiger partial charge in [-0.05, 0) is 42.3 Å². The maximum atomic E-state index is 13.5. The molecular formula is C22H18F4N2O3S. The highest BCUT2D eigenvalue weighted by Crippen LogP contribution is 2.33. The van der Waals surface area contributed by atoms with Gasteiger partial charge in [0.05, 0.1) is 10.5 Å². The van der Waals surface area contributed by atoms with E-state index in [2.05, 4.69) is 10.0 Å². The number of alkyl halides is 3. The van der Waals surface area contributed by atoms with Crippen LogP contribution in [-0.4, -0.2) is 20.4 Å². The van der Waals surface area contributed by atoms with Gasteiger partial charge < -0.3 is 5.32 Å². The molecule has 0 spiro atoms. The molecule has 0 aromatic heterocycles. The first-order chi connectivity index (χ1) is 15.1. The highest BCUT2D eigenvalue weighted by Gasteiger charge is 2.34. The van der Waals surface area contributed by atoms with Crippen LogP contribution in [0.1, 0.15) is 11.1 Å². The summed E-state index contributed by atoms with van der Waals surface area (Å²) in [6, 6.07) is 16.5. The van der Waals surface area contributed by atoms with Crippen LogP contribution >= 0.6 is 0 Å². The molecule has 5 nitrogen and oxygen atoms in total. The second kappa shape index (κ2) is 9.49. The number of hydrogen-bond acceptors (Lipinski definition) is 3. The van der Waals surface area contributed by atoms with Crippen molar-refractivity contribution in [2.45, 2.75) is 23.5 Å². The molecule has 2 N–H and O–H groups in total. The van der Waals surface area contributed by atoms with Crippen LogP contribution in [0.5, 0.6) is 0 Å². The molecule has 0 radical (unpaired) electrons. The van der Waals surface area contributed by atoms with E-state index in [1.54, 1.807) is 36.4 Å². The van der Waals surface area contributed by atoms with Gasteiger partial charge in [-0.1, -0.05) is 48.5 Å². The smallest absolute Gasteiger partial charge is 0.325 e. The van der Waals surface area contributed by atoms with Crippen molar-refractivity contribution in [1.29, 1.82) is 0 Å². The van der Waals surface area contributed by atoms with E-state index in [0.717, 1.165) is 6.07 Å². The zero-order valence-corrected chi connectivity index (χ0v) is 17.3. The lowest BCUT2D eigenvalue weighted by molar-refractivity contribution is -0.140. The fourth-order valence-electron chi connectivity index (χ4n) is 2.94. The molecule has 168 valence electrons. The van der Waals surface area contributed by atoms with Crippen LogP contribution in [-0.2, 0) is 27.4 Å². The third kappa shape index (κ3) is 5.92. The summed E-state index contributed by atoms with van der Waals surface area (Å²) in [7, 11) is -4.11. The summed E-state index contributed by atoms with van der Waals surface area (Å²) in [5.41, 5.74) is -1.24. The van der Waals surface area contributed by atoms with E-state index in [4.69, 9.17) is 0 Å². The predicted octanol–water partition coefficient (Wildman–Crippen LogP) is 4.37. The van der Waals surface area contributed by atoms with Crippen molar-refractivity contribution < 1.29 is 30.8 Å². The summed E-state index contributed by atoms with van der Waals surface area (Å²) in [4.78, 5) is 12.8. The second-order valence-corrected chi connectivity index (χ2v) is 8.57. The fourth-order valence-corrected chi connectivity index (χ4v) is 4.16. The molecule has 0 aliphatic carbocycles. The molecule has 0 bridgehead atoms. The van der Waals surface area contributed by atoms with Crippen LogP contribution in [0.2, 0.25) is 0 Å². The maximum absolute atomic E-state index is 13.5. The third-order valence-corrected chi connectivity index (χ3v) is 5.98. The number of hydrogen-bond donors (Lipinski definition) is 2. The molecule has 3 aromatic carbocycles. The van der Waals surface area contributed by atoms with Crippen LogP contribution in [0.3, 0.4) is 0 Å². The van der Waals surface area contributed by atoms with Crippen molar-refractivity contribution in [3.8, 4) is 0 Å². The molecule has 0 fully saturated rings. The number of carbonyl (C=O) groups is 1. The van der Waals surface area contributed by atoms with Crippen molar-refractivity contribution in [2.24, 2.45) is 0 Å². The SMILES string of the molecule is O=C(Nc1ccc(F)c(C(F)(F)F)c1)[C@H](Cc1ccccc1)NS(=O)(=O)c1ccccc1. The van der Waals surface area contributed by atoms with E-state index < -0.39 is 39.5 Å². The summed E-state index contributed by atoms with van der Waals surface area (Å²) in [6.45, 7) is 0. The summed E-state index contributed by atoms with van der Waals surface area (Å²) >= 11 is 0. The monoisotopic (exact) mass is 466 g/mol. The van der Waals surface area contributed by atoms with Gasteiger partial charge in [0.25, 0.3) is 0 Å². The van der Waals surface area contributed by atoms with Gasteiger partial charge >= 0.3 is 6.18 Å². The van der Waals surface area contributed by atoms with E-state index in [1.807, 2.05) is 0 Å². The molecule has 0 aliphatic heterocycles. The number of sulfonamides is 1. The number of carbonyl (C=O) groups excluding carboxylic acids is 1. The van der Waals surface area contributed by atoms with Crippen molar-refractivity contribution in [3.63, 3.8) is 0 Å². The normalized spacial score (nSPS) is 12.9. The van der Waals surface area contributed by atoms with Crippen molar-refractivity contribution in [1.82, 2.24) is 4.72 Å². The second-order valence-electron chi connectivity index (χ2n) is 6.86. The zero-order chi connectivity index (χ0) is 23.4. The Morgan fingerprint density at radius 2 is 1.50 bits per heavy atom. The lowest BCUT2D eigenvalue weighted by Gasteiger charge is -2.19. The van der Waals surface area contributed by atoms with E-state index in [1.165, 1.54) is 24.3 Å². The average Bonchev–Trinajstić information content (AvgIpc) is 2.75. The molecular weight excluding hydrogens is 448 g/mol. The first kappa shape index (κ1) is 23.4. The molecule has 10 heteroatoms. The Labute approximate surface area is 182 Å². The Morgan fingerprint density at radius 3 is 2.09 bits per heavy atom. The number of halogens is 4.